The summed E-state index contributed by atoms with van der Waals surface area (Å²) in [6, 6.07) is 3.95. The number of anilines is 1. The summed E-state index contributed by atoms with van der Waals surface area (Å²) in [6.07, 6.45) is 0. The Morgan fingerprint density at radius 1 is 1.50 bits per heavy atom. The van der Waals surface area contributed by atoms with Gasteiger partial charge in [-0.2, -0.15) is 4.39 Å². The summed E-state index contributed by atoms with van der Waals surface area (Å²) in [5.74, 6) is -0.936. The van der Waals surface area contributed by atoms with Crippen LogP contribution in [-0.4, -0.2) is 15.9 Å². The van der Waals surface area contributed by atoms with Crippen molar-refractivity contribution in [1.82, 2.24) is 9.97 Å². The second-order valence-electron chi connectivity index (χ2n) is 3.66. The molecule has 0 aliphatic rings. The molecule has 0 radical (unpaired) electrons. The van der Waals surface area contributed by atoms with Gasteiger partial charge in [-0.25, -0.2) is 9.97 Å². The zero-order valence-corrected chi connectivity index (χ0v) is 10.4. The number of thiazole rings is 1. The number of pyridine rings is 1. The van der Waals surface area contributed by atoms with Crippen LogP contribution in [0.4, 0.5) is 10.2 Å². The molecule has 0 aliphatic heterocycles. The fraction of sp³-hybridized carbons (Fsp3) is 0.182. The van der Waals surface area contributed by atoms with E-state index in [0.29, 0.717) is 5.01 Å². The maximum absolute atomic E-state index is 12.8. The number of amides is 1. The fourth-order valence-corrected chi connectivity index (χ4v) is 2.02. The summed E-state index contributed by atoms with van der Waals surface area (Å²) >= 11 is 1.31. The third kappa shape index (κ3) is 2.88. The second kappa shape index (κ2) is 5.19. The molecule has 0 aliphatic carbocycles. The number of nitrogens with zero attached hydrogens (tertiary/aromatic N) is 2. The second-order valence-corrected chi connectivity index (χ2v) is 4.55. The van der Waals surface area contributed by atoms with Crippen molar-refractivity contribution in [2.45, 2.75) is 13.0 Å². The maximum Gasteiger partial charge on any atom is 0.276 e. The van der Waals surface area contributed by atoms with Crippen molar-refractivity contribution in [1.29, 1.82) is 0 Å². The Balaban J connectivity index is 2.12. The SMILES string of the molecule is CC(N)c1nc(C(=O)Nc2cccc(F)n2)cs1. The molecule has 0 saturated heterocycles. The molecule has 5 nitrogen and oxygen atoms in total. The number of hydrogen-bond donors (Lipinski definition) is 2. The van der Waals surface area contributed by atoms with E-state index < -0.39 is 11.9 Å². The van der Waals surface area contributed by atoms with Gasteiger partial charge in [0.25, 0.3) is 5.91 Å². The first-order valence-electron chi connectivity index (χ1n) is 5.21. The largest absolute Gasteiger partial charge is 0.322 e. The molecule has 2 heterocycles. The lowest BCUT2D eigenvalue weighted by molar-refractivity contribution is 0.102. The number of carbonyl (C=O) groups excluding carboxylic acids is 1. The van der Waals surface area contributed by atoms with Crippen molar-refractivity contribution in [3.63, 3.8) is 0 Å². The average molecular weight is 266 g/mol. The van der Waals surface area contributed by atoms with Gasteiger partial charge in [-0.3, -0.25) is 4.79 Å². The number of nitrogens with one attached hydrogen (secondary N) is 1. The smallest absolute Gasteiger partial charge is 0.276 e. The number of halogens is 1. The molecule has 18 heavy (non-hydrogen) atoms. The Morgan fingerprint density at radius 3 is 2.89 bits per heavy atom. The van der Waals surface area contributed by atoms with Gasteiger partial charge in [0.15, 0.2) is 0 Å². The number of aromatic nitrogens is 2. The number of nitrogens with two attached hydrogens (primary N) is 1. The van der Waals surface area contributed by atoms with E-state index in [-0.39, 0.29) is 17.6 Å². The van der Waals surface area contributed by atoms with Crippen LogP contribution >= 0.6 is 11.3 Å². The Kier molecular flexibility index (Phi) is 3.63. The summed E-state index contributed by atoms with van der Waals surface area (Å²) in [5.41, 5.74) is 5.90. The molecule has 1 amide bonds. The van der Waals surface area contributed by atoms with Crippen molar-refractivity contribution in [3.8, 4) is 0 Å². The molecule has 0 aromatic carbocycles. The van der Waals surface area contributed by atoms with E-state index in [2.05, 4.69) is 15.3 Å². The fourth-order valence-electron chi connectivity index (χ4n) is 1.26. The van der Waals surface area contributed by atoms with Gasteiger partial charge in [0.1, 0.15) is 16.5 Å². The van der Waals surface area contributed by atoms with E-state index in [0.717, 1.165) is 0 Å². The zero-order chi connectivity index (χ0) is 13.1. The van der Waals surface area contributed by atoms with Crippen molar-refractivity contribution < 1.29 is 9.18 Å². The summed E-state index contributed by atoms with van der Waals surface area (Å²) in [6.45, 7) is 1.79. The lowest BCUT2D eigenvalue weighted by Crippen LogP contribution is -2.14. The van der Waals surface area contributed by atoms with Crippen molar-refractivity contribution in [2.24, 2.45) is 5.73 Å². The molecule has 7 heteroatoms. The van der Waals surface area contributed by atoms with Crippen LogP contribution in [0.5, 0.6) is 0 Å². The quantitative estimate of drug-likeness (QED) is 0.832. The molecule has 2 aromatic rings. The van der Waals surface area contributed by atoms with Crippen molar-refractivity contribution in [2.75, 3.05) is 5.32 Å². The van der Waals surface area contributed by atoms with E-state index in [1.165, 1.54) is 29.5 Å². The van der Waals surface area contributed by atoms with Gasteiger partial charge < -0.3 is 11.1 Å². The monoisotopic (exact) mass is 266 g/mol. The molecular formula is C11H11FN4OS. The van der Waals surface area contributed by atoms with Gasteiger partial charge in [0.05, 0.1) is 6.04 Å². The molecule has 2 rings (SSSR count). The average Bonchev–Trinajstić information content (AvgIpc) is 2.78. The van der Waals surface area contributed by atoms with E-state index in [1.807, 2.05) is 0 Å². The maximum atomic E-state index is 12.8. The molecule has 3 N–H and O–H groups in total. The Labute approximate surface area is 107 Å². The molecule has 0 spiro atoms. The molecule has 0 fully saturated rings. The van der Waals surface area contributed by atoms with Gasteiger partial charge in [-0.1, -0.05) is 6.07 Å². The Hall–Kier alpha value is -1.86. The highest BCUT2D eigenvalue weighted by molar-refractivity contribution is 7.09. The van der Waals surface area contributed by atoms with E-state index >= 15 is 0 Å². The molecule has 94 valence electrons. The third-order valence-corrected chi connectivity index (χ3v) is 3.15. The zero-order valence-electron chi connectivity index (χ0n) is 9.55. The Bertz CT molecular complexity index is 570. The minimum atomic E-state index is -0.651. The predicted octanol–water partition coefficient (Wildman–Crippen LogP) is 1.95. The first-order chi connectivity index (χ1) is 8.56. The van der Waals surface area contributed by atoms with Crippen LogP contribution in [0.15, 0.2) is 23.6 Å². The highest BCUT2D eigenvalue weighted by atomic mass is 32.1. The Morgan fingerprint density at radius 2 is 2.28 bits per heavy atom. The first kappa shape index (κ1) is 12.6. The normalized spacial score (nSPS) is 12.2. The highest BCUT2D eigenvalue weighted by Gasteiger charge is 2.13. The van der Waals surface area contributed by atoms with Crippen LogP contribution in [0.1, 0.15) is 28.5 Å². The van der Waals surface area contributed by atoms with Crippen molar-refractivity contribution in [3.05, 3.63) is 40.2 Å². The lowest BCUT2D eigenvalue weighted by atomic mass is 10.4. The van der Waals surface area contributed by atoms with E-state index in [4.69, 9.17) is 5.73 Å². The van der Waals surface area contributed by atoms with Gasteiger partial charge in [0.2, 0.25) is 5.95 Å². The summed E-state index contributed by atoms with van der Waals surface area (Å²) < 4.78 is 12.8. The molecule has 0 bridgehead atoms. The minimum absolute atomic E-state index is 0.148. The molecule has 2 aromatic heterocycles. The third-order valence-electron chi connectivity index (χ3n) is 2.10. The molecular weight excluding hydrogens is 255 g/mol. The number of hydrogen-bond acceptors (Lipinski definition) is 5. The lowest BCUT2D eigenvalue weighted by Gasteiger charge is -2.01. The predicted molar refractivity (Wildman–Crippen MR) is 66.9 cm³/mol. The number of carbonyl (C=O) groups is 1. The van der Waals surface area contributed by atoms with Crippen LogP contribution in [-0.2, 0) is 0 Å². The van der Waals surface area contributed by atoms with Gasteiger partial charge in [-0.15, -0.1) is 11.3 Å². The standard InChI is InChI=1S/C11H11FN4OS/c1-6(13)11-14-7(5-18-11)10(17)16-9-4-2-3-8(12)15-9/h2-6H,13H2,1H3,(H,15,16,17). The van der Waals surface area contributed by atoms with Crippen molar-refractivity contribution >= 4 is 23.1 Å². The molecule has 1 unspecified atom stereocenters. The van der Waals surface area contributed by atoms with Crippen LogP contribution in [0.25, 0.3) is 0 Å². The molecule has 0 saturated carbocycles. The summed E-state index contributed by atoms with van der Waals surface area (Å²) in [5, 5.41) is 4.74. The first-order valence-corrected chi connectivity index (χ1v) is 6.09. The van der Waals surface area contributed by atoms with Gasteiger partial charge in [-0.05, 0) is 19.1 Å². The van der Waals surface area contributed by atoms with Gasteiger partial charge >= 0.3 is 0 Å². The van der Waals surface area contributed by atoms with Crippen LogP contribution < -0.4 is 11.1 Å². The van der Waals surface area contributed by atoms with Crippen LogP contribution in [0.2, 0.25) is 0 Å². The van der Waals surface area contributed by atoms with Gasteiger partial charge in [0, 0.05) is 5.38 Å². The van der Waals surface area contributed by atoms with E-state index in [1.54, 1.807) is 12.3 Å². The summed E-state index contributed by atoms with van der Waals surface area (Å²) in [7, 11) is 0. The van der Waals surface area contributed by atoms with E-state index in [9.17, 15) is 9.18 Å². The van der Waals surface area contributed by atoms with Crippen LogP contribution in [0, 0.1) is 5.95 Å². The van der Waals surface area contributed by atoms with Crippen LogP contribution in [0.3, 0.4) is 0 Å². The summed E-state index contributed by atoms with van der Waals surface area (Å²) in [4.78, 5) is 19.4. The topological polar surface area (TPSA) is 80.9 Å². The minimum Gasteiger partial charge on any atom is -0.322 e. The number of rotatable bonds is 3. The highest BCUT2D eigenvalue weighted by Crippen LogP contribution is 2.16. The molecule has 1 atom stereocenters.